The van der Waals surface area contributed by atoms with Crippen LogP contribution >= 0.6 is 0 Å². The monoisotopic (exact) mass is 297 g/mol. The zero-order chi connectivity index (χ0) is 15.7. The molecule has 0 saturated carbocycles. The van der Waals surface area contributed by atoms with Gasteiger partial charge in [-0.3, -0.25) is 14.9 Å². The number of anilines is 1. The van der Waals surface area contributed by atoms with Crippen molar-refractivity contribution in [3.63, 3.8) is 0 Å². The van der Waals surface area contributed by atoms with Crippen LogP contribution in [0.1, 0.15) is 10.4 Å². The summed E-state index contributed by atoms with van der Waals surface area (Å²) in [6.45, 7) is 0. The minimum Gasteiger partial charge on any atom is -0.322 e. The molecule has 0 radical (unpaired) electrons. The van der Waals surface area contributed by atoms with Gasteiger partial charge < -0.3 is 5.32 Å². The van der Waals surface area contributed by atoms with Crippen LogP contribution in [0.25, 0.3) is 11.0 Å². The van der Waals surface area contributed by atoms with E-state index in [1.165, 1.54) is 29.1 Å². The fraction of sp³-hybridized carbons (Fsp3) is 0.0714. The Morgan fingerprint density at radius 2 is 1.82 bits per heavy atom. The molecule has 2 aromatic carbocycles. The Morgan fingerprint density at radius 3 is 2.50 bits per heavy atom. The third kappa shape index (κ3) is 2.62. The molecular weight excluding hydrogens is 286 g/mol. The zero-order valence-corrected chi connectivity index (χ0v) is 11.6. The highest BCUT2D eigenvalue weighted by Gasteiger charge is 2.10. The third-order valence-electron chi connectivity index (χ3n) is 3.08. The topological polar surface area (TPSA) is 103 Å². The van der Waals surface area contributed by atoms with E-state index < -0.39 is 4.92 Å². The van der Waals surface area contributed by atoms with E-state index in [0.29, 0.717) is 16.8 Å². The molecule has 0 aliphatic rings. The largest absolute Gasteiger partial charge is 0.322 e. The summed E-state index contributed by atoms with van der Waals surface area (Å²) in [5, 5.41) is 21.6. The number of fused-ring (bicyclic) bond motifs is 1. The molecule has 8 heteroatoms. The Balaban J connectivity index is 1.81. The third-order valence-corrected chi connectivity index (χ3v) is 3.08. The summed E-state index contributed by atoms with van der Waals surface area (Å²) in [7, 11) is 1.72. The number of nitrogens with one attached hydrogen (secondary N) is 1. The molecule has 0 bridgehead atoms. The van der Waals surface area contributed by atoms with Crippen molar-refractivity contribution in [2.24, 2.45) is 7.05 Å². The van der Waals surface area contributed by atoms with Crippen molar-refractivity contribution in [1.82, 2.24) is 15.0 Å². The first-order chi connectivity index (χ1) is 10.5. The lowest BCUT2D eigenvalue weighted by molar-refractivity contribution is -0.384. The SMILES string of the molecule is Cn1nc2ccc(NC(=O)c3ccc([N+](=O)[O-])cc3)cc2n1. The van der Waals surface area contributed by atoms with Crippen LogP contribution in [0, 0.1) is 10.1 Å². The second-order valence-corrected chi connectivity index (χ2v) is 4.65. The van der Waals surface area contributed by atoms with Crippen LogP contribution in [0.3, 0.4) is 0 Å². The summed E-state index contributed by atoms with van der Waals surface area (Å²) < 4.78 is 0. The van der Waals surface area contributed by atoms with E-state index in [1.807, 2.05) is 0 Å². The molecule has 1 heterocycles. The van der Waals surface area contributed by atoms with Crippen LogP contribution in [0.2, 0.25) is 0 Å². The first-order valence-corrected chi connectivity index (χ1v) is 6.40. The number of nitro groups is 1. The highest BCUT2D eigenvalue weighted by Crippen LogP contribution is 2.17. The maximum Gasteiger partial charge on any atom is 0.269 e. The molecular formula is C14H11N5O3. The summed E-state index contributed by atoms with van der Waals surface area (Å²) in [6, 6.07) is 10.6. The number of rotatable bonds is 3. The van der Waals surface area contributed by atoms with Gasteiger partial charge in [0.2, 0.25) is 0 Å². The van der Waals surface area contributed by atoms with Gasteiger partial charge in [-0.1, -0.05) is 0 Å². The molecule has 110 valence electrons. The summed E-state index contributed by atoms with van der Waals surface area (Å²) >= 11 is 0. The first-order valence-electron chi connectivity index (χ1n) is 6.40. The first kappa shape index (κ1) is 13.7. The molecule has 0 unspecified atom stereocenters. The van der Waals surface area contributed by atoms with Crippen LogP contribution < -0.4 is 5.32 Å². The van der Waals surface area contributed by atoms with Gasteiger partial charge in [-0.05, 0) is 30.3 Å². The van der Waals surface area contributed by atoms with Gasteiger partial charge in [0.1, 0.15) is 11.0 Å². The molecule has 0 aliphatic carbocycles. The van der Waals surface area contributed by atoms with Crippen molar-refractivity contribution in [1.29, 1.82) is 0 Å². The smallest absolute Gasteiger partial charge is 0.269 e. The lowest BCUT2D eigenvalue weighted by atomic mass is 10.2. The van der Waals surface area contributed by atoms with Crippen molar-refractivity contribution in [3.05, 3.63) is 58.1 Å². The molecule has 3 rings (SSSR count). The number of nitro benzene ring substituents is 1. The number of carbonyl (C=O) groups is 1. The fourth-order valence-electron chi connectivity index (χ4n) is 2.04. The molecule has 1 N–H and O–H groups in total. The summed E-state index contributed by atoms with van der Waals surface area (Å²) in [5.41, 5.74) is 2.26. The van der Waals surface area contributed by atoms with Gasteiger partial charge in [0.15, 0.2) is 0 Å². The van der Waals surface area contributed by atoms with E-state index in [1.54, 1.807) is 25.2 Å². The average molecular weight is 297 g/mol. The van der Waals surface area contributed by atoms with Crippen molar-refractivity contribution in [2.45, 2.75) is 0 Å². The Hall–Kier alpha value is -3.29. The van der Waals surface area contributed by atoms with Crippen molar-refractivity contribution < 1.29 is 9.72 Å². The quantitative estimate of drug-likeness (QED) is 0.589. The van der Waals surface area contributed by atoms with Gasteiger partial charge in [0.25, 0.3) is 11.6 Å². The fourth-order valence-corrected chi connectivity index (χ4v) is 2.04. The van der Waals surface area contributed by atoms with Crippen LogP contribution in [-0.4, -0.2) is 25.8 Å². The van der Waals surface area contributed by atoms with Gasteiger partial charge in [-0.25, -0.2) is 0 Å². The van der Waals surface area contributed by atoms with E-state index in [9.17, 15) is 14.9 Å². The lowest BCUT2D eigenvalue weighted by Gasteiger charge is -2.04. The van der Waals surface area contributed by atoms with Gasteiger partial charge in [0.05, 0.1) is 4.92 Å². The average Bonchev–Trinajstić information content (AvgIpc) is 2.86. The molecule has 8 nitrogen and oxygen atoms in total. The van der Waals surface area contributed by atoms with Gasteiger partial charge >= 0.3 is 0 Å². The number of amides is 1. The molecule has 22 heavy (non-hydrogen) atoms. The summed E-state index contributed by atoms with van der Waals surface area (Å²) in [5.74, 6) is -0.349. The minimum absolute atomic E-state index is 0.0578. The Kier molecular flexibility index (Phi) is 3.26. The predicted molar refractivity (Wildman–Crippen MR) is 79.6 cm³/mol. The molecule has 3 aromatic rings. The molecule has 0 saturated heterocycles. The minimum atomic E-state index is -0.510. The summed E-state index contributed by atoms with van der Waals surface area (Å²) in [6.07, 6.45) is 0. The Bertz CT molecular complexity index is 870. The maximum absolute atomic E-state index is 12.1. The molecule has 1 aromatic heterocycles. The van der Waals surface area contributed by atoms with Crippen molar-refractivity contribution in [2.75, 3.05) is 5.32 Å². The number of carbonyl (C=O) groups excluding carboxylic acids is 1. The molecule has 0 aliphatic heterocycles. The number of aromatic nitrogens is 3. The van der Waals surface area contributed by atoms with E-state index in [0.717, 1.165) is 5.52 Å². The van der Waals surface area contributed by atoms with E-state index in [2.05, 4.69) is 15.5 Å². The van der Waals surface area contributed by atoms with Crippen LogP contribution in [-0.2, 0) is 7.05 Å². The summed E-state index contributed by atoms with van der Waals surface area (Å²) in [4.78, 5) is 23.6. The maximum atomic E-state index is 12.1. The number of benzene rings is 2. The predicted octanol–water partition coefficient (Wildman–Crippen LogP) is 2.13. The number of aryl methyl sites for hydroxylation is 1. The highest BCUT2D eigenvalue weighted by molar-refractivity contribution is 6.05. The lowest BCUT2D eigenvalue weighted by Crippen LogP contribution is -2.11. The number of nitrogens with zero attached hydrogens (tertiary/aromatic N) is 4. The number of hydrogen-bond donors (Lipinski definition) is 1. The van der Waals surface area contributed by atoms with Gasteiger partial charge in [0, 0.05) is 30.4 Å². The van der Waals surface area contributed by atoms with Gasteiger partial charge in [-0.15, -0.1) is 0 Å². The van der Waals surface area contributed by atoms with Crippen LogP contribution in [0.4, 0.5) is 11.4 Å². The molecule has 0 spiro atoms. The Morgan fingerprint density at radius 1 is 1.14 bits per heavy atom. The van der Waals surface area contributed by atoms with Gasteiger partial charge in [-0.2, -0.15) is 15.0 Å². The second-order valence-electron chi connectivity index (χ2n) is 4.65. The molecule has 1 amide bonds. The zero-order valence-electron chi connectivity index (χ0n) is 11.6. The molecule has 0 atom stereocenters. The van der Waals surface area contributed by atoms with E-state index >= 15 is 0 Å². The Labute approximate surface area is 124 Å². The highest BCUT2D eigenvalue weighted by atomic mass is 16.6. The normalized spacial score (nSPS) is 10.6. The second kappa shape index (κ2) is 5.24. The van der Waals surface area contributed by atoms with Crippen molar-refractivity contribution in [3.8, 4) is 0 Å². The number of hydrogen-bond acceptors (Lipinski definition) is 5. The number of non-ortho nitro benzene ring substituents is 1. The van der Waals surface area contributed by atoms with Crippen molar-refractivity contribution >= 4 is 28.3 Å². The van der Waals surface area contributed by atoms with Crippen LogP contribution in [0.5, 0.6) is 0 Å². The molecule has 0 fully saturated rings. The van der Waals surface area contributed by atoms with Crippen LogP contribution in [0.15, 0.2) is 42.5 Å². The standard InChI is InChI=1S/C14H11N5O3/c1-18-16-12-7-4-10(8-13(12)17-18)15-14(20)9-2-5-11(6-3-9)19(21)22/h2-8H,1H3,(H,15,20). The van der Waals surface area contributed by atoms with E-state index in [4.69, 9.17) is 0 Å². The van der Waals surface area contributed by atoms with E-state index in [-0.39, 0.29) is 11.6 Å².